The van der Waals surface area contributed by atoms with E-state index in [1.54, 1.807) is 0 Å². The summed E-state index contributed by atoms with van der Waals surface area (Å²) in [7, 11) is 0. The smallest absolute Gasteiger partial charge is 0.220 e. The van der Waals surface area contributed by atoms with Gasteiger partial charge in [-0.05, 0) is 64.2 Å². The monoisotopic (exact) mass is 846 g/mol. The molecule has 0 heterocycles. The Morgan fingerprint density at radius 3 is 0.967 bits per heavy atom. The molecular weight excluding hydrogens is 739 g/mol. The fraction of sp³-hybridized carbons (Fsp3) is 0.909. The van der Waals surface area contributed by atoms with Crippen LogP contribution in [0.4, 0.5) is 0 Å². The molecule has 5 heteroatoms. The summed E-state index contributed by atoms with van der Waals surface area (Å²) in [4.78, 5) is 12.5. The Bertz CT molecular complexity index is 890. The second-order valence-electron chi connectivity index (χ2n) is 18.8. The fourth-order valence-corrected chi connectivity index (χ4v) is 8.57. The predicted octanol–water partition coefficient (Wildman–Crippen LogP) is 16.5. The van der Waals surface area contributed by atoms with Gasteiger partial charge >= 0.3 is 0 Å². The van der Waals surface area contributed by atoms with Gasteiger partial charge in [0.25, 0.3) is 0 Å². The van der Waals surface area contributed by atoms with Crippen LogP contribution in [-0.2, 0) is 4.79 Å². The Labute approximate surface area is 375 Å². The molecule has 356 valence electrons. The standard InChI is InChI=1S/C55H107NO4/c1-3-5-7-9-11-13-15-17-19-21-22-23-24-25-26-27-28-29-30-31-32-33-34-36-38-40-42-44-46-48-50-54(59)56-52(51-57)55(60)53(58)49-47-45-43-41-39-37-35-20-18-16-14-12-10-8-6-4-2/h25-26,41,43,52-53,55,57-58,60H,3-24,27-40,42,44-51H2,1-2H3,(H,56,59)/b26-25-,43-41+. The SMILES string of the molecule is CCCCCCCCCCCCC/C=C/CCCC(O)C(O)C(CO)NC(=O)CCCCCCCCCCCCCCCC/C=C\CCCCCCCCCCCCCC. The van der Waals surface area contributed by atoms with E-state index in [9.17, 15) is 20.1 Å². The minimum absolute atomic E-state index is 0.150. The predicted molar refractivity (Wildman–Crippen MR) is 264 cm³/mol. The number of hydrogen-bond donors (Lipinski definition) is 4. The van der Waals surface area contributed by atoms with Crippen molar-refractivity contribution in [1.29, 1.82) is 0 Å². The lowest BCUT2D eigenvalue weighted by molar-refractivity contribution is -0.124. The van der Waals surface area contributed by atoms with Gasteiger partial charge in [-0.2, -0.15) is 0 Å². The first-order valence-corrected chi connectivity index (χ1v) is 27.1. The molecule has 0 aliphatic heterocycles. The molecule has 0 aromatic rings. The van der Waals surface area contributed by atoms with Crippen LogP contribution >= 0.6 is 0 Å². The third-order valence-electron chi connectivity index (χ3n) is 12.8. The van der Waals surface area contributed by atoms with Gasteiger partial charge in [-0.3, -0.25) is 4.79 Å². The van der Waals surface area contributed by atoms with E-state index in [-0.39, 0.29) is 12.5 Å². The van der Waals surface area contributed by atoms with Crippen molar-refractivity contribution >= 4 is 5.91 Å². The summed E-state index contributed by atoms with van der Waals surface area (Å²) >= 11 is 0. The van der Waals surface area contributed by atoms with Gasteiger partial charge in [-0.15, -0.1) is 0 Å². The zero-order chi connectivity index (χ0) is 43.7. The van der Waals surface area contributed by atoms with E-state index in [1.807, 2.05) is 0 Å². The van der Waals surface area contributed by atoms with E-state index < -0.39 is 18.2 Å². The zero-order valence-corrected chi connectivity index (χ0v) is 40.6. The fourth-order valence-electron chi connectivity index (χ4n) is 8.57. The molecule has 3 unspecified atom stereocenters. The molecule has 0 saturated carbocycles. The van der Waals surface area contributed by atoms with Crippen molar-refractivity contribution in [3.05, 3.63) is 24.3 Å². The van der Waals surface area contributed by atoms with Crippen molar-refractivity contribution in [2.75, 3.05) is 6.61 Å². The third-order valence-corrected chi connectivity index (χ3v) is 12.8. The van der Waals surface area contributed by atoms with Crippen molar-refractivity contribution in [3.8, 4) is 0 Å². The number of carbonyl (C=O) groups is 1. The number of hydrogen-bond acceptors (Lipinski definition) is 4. The number of unbranched alkanes of at least 4 members (excludes halogenated alkanes) is 38. The van der Waals surface area contributed by atoms with Gasteiger partial charge in [0, 0.05) is 6.42 Å². The highest BCUT2D eigenvalue weighted by molar-refractivity contribution is 5.76. The maximum Gasteiger partial charge on any atom is 0.220 e. The van der Waals surface area contributed by atoms with Crippen molar-refractivity contribution < 1.29 is 20.1 Å². The van der Waals surface area contributed by atoms with E-state index >= 15 is 0 Å². The molecular formula is C55H107NO4. The molecule has 0 rings (SSSR count). The van der Waals surface area contributed by atoms with Gasteiger partial charge in [0.2, 0.25) is 5.91 Å². The zero-order valence-electron chi connectivity index (χ0n) is 40.6. The Morgan fingerprint density at radius 2 is 0.667 bits per heavy atom. The first-order valence-electron chi connectivity index (χ1n) is 27.1. The van der Waals surface area contributed by atoms with Gasteiger partial charge in [-0.25, -0.2) is 0 Å². The Hall–Kier alpha value is -1.17. The number of rotatable bonds is 50. The summed E-state index contributed by atoms with van der Waals surface area (Å²) in [6.07, 6.45) is 63.3. The Morgan fingerprint density at radius 1 is 0.400 bits per heavy atom. The highest BCUT2D eigenvalue weighted by Gasteiger charge is 2.26. The quantitative estimate of drug-likeness (QED) is 0.0363. The first kappa shape index (κ1) is 58.8. The molecule has 0 aromatic heterocycles. The molecule has 0 radical (unpaired) electrons. The topological polar surface area (TPSA) is 89.8 Å². The van der Waals surface area contributed by atoms with Gasteiger partial charge in [0.05, 0.1) is 18.8 Å². The number of aliphatic hydroxyl groups excluding tert-OH is 3. The summed E-state index contributed by atoms with van der Waals surface area (Å²) in [5, 5.41) is 33.6. The summed E-state index contributed by atoms with van der Waals surface area (Å²) in [6.45, 7) is 4.19. The minimum atomic E-state index is -1.16. The van der Waals surface area contributed by atoms with Crippen LogP contribution in [0.25, 0.3) is 0 Å². The van der Waals surface area contributed by atoms with Crippen molar-refractivity contribution in [1.82, 2.24) is 5.32 Å². The summed E-state index contributed by atoms with van der Waals surface area (Å²) < 4.78 is 0. The summed E-state index contributed by atoms with van der Waals surface area (Å²) in [6, 6.07) is -0.824. The van der Waals surface area contributed by atoms with E-state index in [0.29, 0.717) is 12.8 Å². The first-order chi connectivity index (χ1) is 29.6. The average molecular weight is 846 g/mol. The molecule has 0 aliphatic carbocycles. The number of allylic oxidation sites excluding steroid dienone is 4. The number of nitrogens with one attached hydrogen (secondary N) is 1. The van der Waals surface area contributed by atoms with Crippen molar-refractivity contribution in [2.45, 2.75) is 315 Å². The van der Waals surface area contributed by atoms with Crippen LogP contribution in [0.15, 0.2) is 24.3 Å². The Kier molecular flexibility index (Phi) is 49.5. The second-order valence-corrected chi connectivity index (χ2v) is 18.8. The van der Waals surface area contributed by atoms with Gasteiger partial charge in [-0.1, -0.05) is 250 Å². The average Bonchev–Trinajstić information content (AvgIpc) is 3.25. The summed E-state index contributed by atoms with van der Waals surface area (Å²) in [5.74, 6) is -0.150. The lowest BCUT2D eigenvalue weighted by Crippen LogP contribution is -2.50. The Balaban J connectivity index is 3.53. The molecule has 1 amide bonds. The molecule has 0 fully saturated rings. The van der Waals surface area contributed by atoms with Crippen molar-refractivity contribution in [2.24, 2.45) is 0 Å². The van der Waals surface area contributed by atoms with Crippen LogP contribution in [0.1, 0.15) is 296 Å². The minimum Gasteiger partial charge on any atom is -0.394 e. The molecule has 60 heavy (non-hydrogen) atoms. The second kappa shape index (κ2) is 50.5. The highest BCUT2D eigenvalue weighted by Crippen LogP contribution is 2.17. The molecule has 4 N–H and O–H groups in total. The molecule has 0 aliphatic rings. The molecule has 5 nitrogen and oxygen atoms in total. The number of aliphatic hydroxyl groups is 3. The number of carbonyl (C=O) groups excluding carboxylic acids is 1. The van der Waals surface area contributed by atoms with Crippen LogP contribution < -0.4 is 5.32 Å². The van der Waals surface area contributed by atoms with E-state index in [2.05, 4.69) is 43.5 Å². The van der Waals surface area contributed by atoms with Crippen LogP contribution in [0.3, 0.4) is 0 Å². The van der Waals surface area contributed by atoms with Crippen LogP contribution in [0, 0.1) is 0 Å². The van der Waals surface area contributed by atoms with Gasteiger partial charge in [0.1, 0.15) is 6.10 Å². The molecule has 0 spiro atoms. The highest BCUT2D eigenvalue weighted by atomic mass is 16.3. The van der Waals surface area contributed by atoms with E-state index in [1.165, 1.54) is 231 Å². The maximum atomic E-state index is 12.5. The normalized spacial score (nSPS) is 13.5. The molecule has 0 bridgehead atoms. The van der Waals surface area contributed by atoms with Crippen LogP contribution in [0.2, 0.25) is 0 Å². The maximum absolute atomic E-state index is 12.5. The van der Waals surface area contributed by atoms with Crippen molar-refractivity contribution in [3.63, 3.8) is 0 Å². The largest absolute Gasteiger partial charge is 0.394 e. The van der Waals surface area contributed by atoms with Crippen LogP contribution in [0.5, 0.6) is 0 Å². The van der Waals surface area contributed by atoms with Gasteiger partial charge in [0.15, 0.2) is 0 Å². The lowest BCUT2D eigenvalue weighted by Gasteiger charge is -2.26. The summed E-state index contributed by atoms with van der Waals surface area (Å²) in [5.41, 5.74) is 0. The molecule has 0 aromatic carbocycles. The van der Waals surface area contributed by atoms with Gasteiger partial charge < -0.3 is 20.6 Å². The van der Waals surface area contributed by atoms with E-state index in [4.69, 9.17) is 0 Å². The van der Waals surface area contributed by atoms with Crippen LogP contribution in [-0.4, -0.2) is 46.1 Å². The molecule has 0 saturated heterocycles. The molecule has 3 atom stereocenters. The van der Waals surface area contributed by atoms with E-state index in [0.717, 1.165) is 38.5 Å². The lowest BCUT2D eigenvalue weighted by atomic mass is 10.0. The third kappa shape index (κ3) is 44.9. The number of amides is 1.